The third-order valence-corrected chi connectivity index (χ3v) is 3.81. The van der Waals surface area contributed by atoms with Gasteiger partial charge in [0.25, 0.3) is 5.91 Å². The monoisotopic (exact) mass is 285 g/mol. The molecule has 0 aliphatic rings. The molecule has 2 rings (SSSR count). The summed E-state index contributed by atoms with van der Waals surface area (Å²) in [6, 6.07) is 10.0. The van der Waals surface area contributed by atoms with Gasteiger partial charge < -0.3 is 5.32 Å². The number of amides is 1. The highest BCUT2D eigenvalue weighted by Gasteiger charge is 2.16. The molecule has 0 fully saturated rings. The average Bonchev–Trinajstić information content (AvgIpc) is 2.43. The van der Waals surface area contributed by atoms with Crippen LogP contribution in [0.4, 0.5) is 4.39 Å². The van der Waals surface area contributed by atoms with E-state index in [0.717, 1.165) is 11.1 Å². The standard InChI is InChI=1S/C18H20FNO/c1-11-9-13(3)16(10-12(11)2)14(4)20-18(21)15-7-5-6-8-17(15)19/h5-10,14H,1-4H3,(H,20,21). The summed E-state index contributed by atoms with van der Waals surface area (Å²) in [7, 11) is 0. The van der Waals surface area contributed by atoms with Crippen molar-refractivity contribution in [2.75, 3.05) is 0 Å². The first kappa shape index (κ1) is 15.2. The Balaban J connectivity index is 2.22. The van der Waals surface area contributed by atoms with Crippen LogP contribution >= 0.6 is 0 Å². The van der Waals surface area contributed by atoms with Crippen molar-refractivity contribution >= 4 is 5.91 Å². The van der Waals surface area contributed by atoms with Crippen molar-refractivity contribution in [3.8, 4) is 0 Å². The van der Waals surface area contributed by atoms with E-state index >= 15 is 0 Å². The van der Waals surface area contributed by atoms with Gasteiger partial charge in [0.15, 0.2) is 0 Å². The van der Waals surface area contributed by atoms with Gasteiger partial charge in [0.2, 0.25) is 0 Å². The first-order valence-electron chi connectivity index (χ1n) is 7.03. The smallest absolute Gasteiger partial charge is 0.254 e. The zero-order valence-corrected chi connectivity index (χ0v) is 12.8. The quantitative estimate of drug-likeness (QED) is 0.897. The van der Waals surface area contributed by atoms with E-state index in [1.54, 1.807) is 12.1 Å². The number of benzene rings is 2. The summed E-state index contributed by atoms with van der Waals surface area (Å²) in [4.78, 5) is 12.2. The molecule has 1 N–H and O–H groups in total. The van der Waals surface area contributed by atoms with Crippen LogP contribution in [-0.4, -0.2) is 5.91 Å². The van der Waals surface area contributed by atoms with E-state index in [-0.39, 0.29) is 11.6 Å². The normalized spacial score (nSPS) is 12.0. The first-order valence-corrected chi connectivity index (χ1v) is 7.03. The van der Waals surface area contributed by atoms with Crippen molar-refractivity contribution in [1.29, 1.82) is 0 Å². The lowest BCUT2D eigenvalue weighted by atomic mass is 9.96. The molecule has 0 heterocycles. The van der Waals surface area contributed by atoms with Crippen LogP contribution in [0.2, 0.25) is 0 Å². The summed E-state index contributed by atoms with van der Waals surface area (Å²) < 4.78 is 13.6. The van der Waals surface area contributed by atoms with Gasteiger partial charge in [-0.3, -0.25) is 4.79 Å². The number of halogens is 1. The van der Waals surface area contributed by atoms with Crippen LogP contribution in [0, 0.1) is 26.6 Å². The Morgan fingerprint density at radius 2 is 1.67 bits per heavy atom. The van der Waals surface area contributed by atoms with E-state index in [9.17, 15) is 9.18 Å². The Morgan fingerprint density at radius 1 is 1.05 bits per heavy atom. The van der Waals surface area contributed by atoms with Crippen LogP contribution in [0.3, 0.4) is 0 Å². The Hall–Kier alpha value is -2.16. The minimum atomic E-state index is -0.501. The zero-order valence-electron chi connectivity index (χ0n) is 12.8. The molecule has 0 aliphatic carbocycles. The lowest BCUT2D eigenvalue weighted by Crippen LogP contribution is -2.28. The van der Waals surface area contributed by atoms with Crippen LogP contribution in [-0.2, 0) is 0 Å². The molecule has 110 valence electrons. The minimum absolute atomic E-state index is 0.0748. The fraction of sp³-hybridized carbons (Fsp3) is 0.278. The summed E-state index contributed by atoms with van der Waals surface area (Å²) in [6.45, 7) is 8.04. The molecule has 0 saturated carbocycles. The average molecular weight is 285 g/mol. The molecule has 1 unspecified atom stereocenters. The molecule has 0 bridgehead atoms. The first-order chi connectivity index (χ1) is 9.90. The maximum atomic E-state index is 13.6. The highest BCUT2D eigenvalue weighted by Crippen LogP contribution is 2.22. The zero-order chi connectivity index (χ0) is 15.6. The second kappa shape index (κ2) is 6.08. The van der Waals surface area contributed by atoms with E-state index in [1.807, 2.05) is 20.8 Å². The van der Waals surface area contributed by atoms with E-state index < -0.39 is 11.7 Å². The van der Waals surface area contributed by atoms with E-state index in [4.69, 9.17) is 0 Å². The Labute approximate surface area is 125 Å². The summed E-state index contributed by atoms with van der Waals surface area (Å²) in [5.74, 6) is -0.891. The molecule has 2 nitrogen and oxygen atoms in total. The van der Waals surface area contributed by atoms with Gasteiger partial charge >= 0.3 is 0 Å². The number of hydrogen-bond donors (Lipinski definition) is 1. The molecule has 3 heteroatoms. The van der Waals surface area contributed by atoms with E-state index in [0.29, 0.717) is 0 Å². The van der Waals surface area contributed by atoms with Crippen LogP contribution in [0.25, 0.3) is 0 Å². The third kappa shape index (κ3) is 3.30. The Kier molecular flexibility index (Phi) is 4.41. The second-order valence-electron chi connectivity index (χ2n) is 5.47. The number of rotatable bonds is 3. The van der Waals surface area contributed by atoms with Crippen molar-refractivity contribution < 1.29 is 9.18 Å². The van der Waals surface area contributed by atoms with Gasteiger partial charge in [0.1, 0.15) is 5.82 Å². The predicted molar refractivity (Wildman–Crippen MR) is 82.9 cm³/mol. The SMILES string of the molecule is Cc1cc(C)c(C(C)NC(=O)c2ccccc2F)cc1C. The van der Waals surface area contributed by atoms with E-state index in [2.05, 4.69) is 24.4 Å². The van der Waals surface area contributed by atoms with Crippen molar-refractivity contribution in [2.45, 2.75) is 33.7 Å². The number of carbonyl (C=O) groups is 1. The molecule has 2 aromatic carbocycles. The number of aryl methyl sites for hydroxylation is 3. The van der Waals surface area contributed by atoms with Crippen molar-refractivity contribution in [2.24, 2.45) is 0 Å². The maximum Gasteiger partial charge on any atom is 0.254 e. The Morgan fingerprint density at radius 3 is 2.33 bits per heavy atom. The van der Waals surface area contributed by atoms with Crippen molar-refractivity contribution in [3.63, 3.8) is 0 Å². The molecule has 0 aliphatic heterocycles. The topological polar surface area (TPSA) is 29.1 Å². The summed E-state index contributed by atoms with van der Waals surface area (Å²) in [6.07, 6.45) is 0. The molecular formula is C18H20FNO. The molecule has 1 amide bonds. The van der Waals surface area contributed by atoms with Crippen molar-refractivity contribution in [3.05, 3.63) is 70.0 Å². The largest absolute Gasteiger partial charge is 0.345 e. The molecule has 21 heavy (non-hydrogen) atoms. The number of nitrogens with one attached hydrogen (secondary N) is 1. The predicted octanol–water partition coefficient (Wildman–Crippen LogP) is 4.24. The third-order valence-electron chi connectivity index (χ3n) is 3.81. The molecule has 0 aromatic heterocycles. The van der Waals surface area contributed by atoms with Crippen LogP contribution in [0.15, 0.2) is 36.4 Å². The lowest BCUT2D eigenvalue weighted by molar-refractivity contribution is 0.0935. The van der Waals surface area contributed by atoms with Gasteiger partial charge in [0, 0.05) is 0 Å². The van der Waals surface area contributed by atoms with Gasteiger partial charge in [-0.15, -0.1) is 0 Å². The molecule has 0 spiro atoms. The van der Waals surface area contributed by atoms with Crippen LogP contribution in [0.5, 0.6) is 0 Å². The Bertz CT molecular complexity index is 679. The molecular weight excluding hydrogens is 265 g/mol. The van der Waals surface area contributed by atoms with Gasteiger partial charge in [0.05, 0.1) is 11.6 Å². The second-order valence-corrected chi connectivity index (χ2v) is 5.47. The molecule has 0 saturated heterocycles. The van der Waals surface area contributed by atoms with Crippen LogP contribution in [0.1, 0.15) is 45.6 Å². The summed E-state index contributed by atoms with van der Waals surface area (Å²) in [5, 5.41) is 2.86. The van der Waals surface area contributed by atoms with E-state index in [1.165, 1.54) is 23.3 Å². The van der Waals surface area contributed by atoms with Gasteiger partial charge in [-0.25, -0.2) is 4.39 Å². The number of hydrogen-bond acceptors (Lipinski definition) is 1. The molecule has 0 radical (unpaired) electrons. The minimum Gasteiger partial charge on any atom is -0.345 e. The lowest BCUT2D eigenvalue weighted by Gasteiger charge is -2.18. The molecule has 1 atom stereocenters. The van der Waals surface area contributed by atoms with Gasteiger partial charge in [-0.2, -0.15) is 0 Å². The van der Waals surface area contributed by atoms with Gasteiger partial charge in [-0.1, -0.05) is 24.3 Å². The summed E-state index contributed by atoms with van der Waals surface area (Å²) in [5.41, 5.74) is 4.67. The summed E-state index contributed by atoms with van der Waals surface area (Å²) >= 11 is 0. The van der Waals surface area contributed by atoms with Crippen LogP contribution < -0.4 is 5.32 Å². The highest BCUT2D eigenvalue weighted by molar-refractivity contribution is 5.94. The fourth-order valence-corrected chi connectivity index (χ4v) is 2.45. The fourth-order valence-electron chi connectivity index (χ4n) is 2.45. The molecule has 2 aromatic rings. The maximum absolute atomic E-state index is 13.6. The van der Waals surface area contributed by atoms with Crippen molar-refractivity contribution in [1.82, 2.24) is 5.32 Å². The van der Waals surface area contributed by atoms with Gasteiger partial charge in [-0.05, 0) is 62.1 Å². The number of carbonyl (C=O) groups excluding carboxylic acids is 1. The highest BCUT2D eigenvalue weighted by atomic mass is 19.1.